The third kappa shape index (κ3) is 3.46. The molecule has 0 aliphatic rings. The van der Waals surface area contributed by atoms with Crippen molar-refractivity contribution >= 4 is 11.6 Å². The molecule has 0 fully saturated rings. The Morgan fingerprint density at radius 2 is 1.95 bits per heavy atom. The van der Waals surface area contributed by atoms with Crippen LogP contribution in [0.25, 0.3) is 0 Å². The fourth-order valence-electron chi connectivity index (χ4n) is 1.70. The Morgan fingerprint density at radius 3 is 2.68 bits per heavy atom. The molecule has 0 atom stereocenters. The van der Waals surface area contributed by atoms with Gasteiger partial charge in [0.1, 0.15) is 0 Å². The Labute approximate surface area is 117 Å². The number of hydrogen-bond donors (Lipinski definition) is 1. The van der Waals surface area contributed by atoms with Crippen LogP contribution < -0.4 is 10.1 Å². The van der Waals surface area contributed by atoms with Crippen LogP contribution in [0.5, 0.6) is 11.5 Å². The average molecular weight is 280 g/mol. The summed E-state index contributed by atoms with van der Waals surface area (Å²) >= 11 is 6.14. The van der Waals surface area contributed by atoms with Gasteiger partial charge >= 0.3 is 0 Å². The third-order valence-electron chi connectivity index (χ3n) is 2.66. The predicted molar refractivity (Wildman–Crippen MR) is 75.3 cm³/mol. The van der Waals surface area contributed by atoms with E-state index in [9.17, 15) is 4.39 Å². The topological polar surface area (TPSA) is 21.3 Å². The van der Waals surface area contributed by atoms with Crippen LogP contribution in [0.1, 0.15) is 12.5 Å². The molecule has 0 heterocycles. The number of benzene rings is 2. The van der Waals surface area contributed by atoms with Crippen molar-refractivity contribution in [1.29, 1.82) is 0 Å². The number of hydrogen-bond acceptors (Lipinski definition) is 2. The second-order valence-electron chi connectivity index (χ2n) is 4.04. The SMILES string of the molecule is CCNCc1cccc(Cl)c1Oc1ccccc1F. The van der Waals surface area contributed by atoms with Crippen LogP contribution in [0.2, 0.25) is 5.02 Å². The molecule has 2 aromatic carbocycles. The third-order valence-corrected chi connectivity index (χ3v) is 2.96. The maximum Gasteiger partial charge on any atom is 0.165 e. The van der Waals surface area contributed by atoms with Gasteiger partial charge in [-0.2, -0.15) is 0 Å². The summed E-state index contributed by atoms with van der Waals surface area (Å²) in [6.45, 7) is 3.48. The first-order chi connectivity index (χ1) is 9.22. The van der Waals surface area contributed by atoms with E-state index in [1.54, 1.807) is 24.3 Å². The molecule has 2 nitrogen and oxygen atoms in total. The van der Waals surface area contributed by atoms with Crippen molar-refractivity contribution in [3.63, 3.8) is 0 Å². The first-order valence-corrected chi connectivity index (χ1v) is 6.50. The Balaban J connectivity index is 2.31. The van der Waals surface area contributed by atoms with Crippen LogP contribution in [0, 0.1) is 5.82 Å². The van der Waals surface area contributed by atoms with Crippen molar-refractivity contribution in [2.24, 2.45) is 0 Å². The molecule has 0 radical (unpaired) electrons. The second kappa shape index (κ2) is 6.55. The molecule has 0 unspecified atom stereocenters. The van der Waals surface area contributed by atoms with E-state index in [1.807, 2.05) is 19.1 Å². The van der Waals surface area contributed by atoms with Gasteiger partial charge in [-0.3, -0.25) is 0 Å². The molecule has 0 aromatic heterocycles. The lowest BCUT2D eigenvalue weighted by atomic mass is 10.2. The lowest BCUT2D eigenvalue weighted by Crippen LogP contribution is -2.12. The minimum atomic E-state index is -0.406. The predicted octanol–water partition coefficient (Wildman–Crippen LogP) is 4.38. The number of rotatable bonds is 5. The normalized spacial score (nSPS) is 10.5. The number of para-hydroxylation sites is 2. The van der Waals surface area contributed by atoms with Crippen LogP contribution in [-0.4, -0.2) is 6.54 Å². The van der Waals surface area contributed by atoms with Crippen LogP contribution >= 0.6 is 11.6 Å². The van der Waals surface area contributed by atoms with E-state index in [0.29, 0.717) is 17.3 Å². The summed E-state index contributed by atoms with van der Waals surface area (Å²) in [6, 6.07) is 11.8. The number of ether oxygens (including phenoxy) is 1. The van der Waals surface area contributed by atoms with Gasteiger partial charge in [-0.15, -0.1) is 0 Å². The van der Waals surface area contributed by atoms with Crippen molar-refractivity contribution in [2.75, 3.05) is 6.54 Å². The molecular formula is C15H15ClFNO. The molecule has 0 saturated carbocycles. The Hall–Kier alpha value is -1.58. The van der Waals surface area contributed by atoms with E-state index in [4.69, 9.17) is 16.3 Å². The summed E-state index contributed by atoms with van der Waals surface area (Å²) < 4.78 is 19.2. The van der Waals surface area contributed by atoms with Gasteiger partial charge in [0.2, 0.25) is 0 Å². The van der Waals surface area contributed by atoms with Gasteiger partial charge in [0, 0.05) is 12.1 Å². The van der Waals surface area contributed by atoms with Crippen molar-refractivity contribution in [2.45, 2.75) is 13.5 Å². The lowest BCUT2D eigenvalue weighted by molar-refractivity contribution is 0.436. The summed E-state index contributed by atoms with van der Waals surface area (Å²) in [4.78, 5) is 0. The highest BCUT2D eigenvalue weighted by atomic mass is 35.5. The summed E-state index contributed by atoms with van der Waals surface area (Å²) in [5.41, 5.74) is 0.901. The maximum absolute atomic E-state index is 13.6. The highest BCUT2D eigenvalue weighted by Gasteiger charge is 2.11. The summed E-state index contributed by atoms with van der Waals surface area (Å²) in [7, 11) is 0. The van der Waals surface area contributed by atoms with E-state index in [2.05, 4.69) is 5.32 Å². The molecule has 1 N–H and O–H groups in total. The Bertz CT molecular complexity index is 560. The fraction of sp³-hybridized carbons (Fsp3) is 0.200. The summed E-state index contributed by atoms with van der Waals surface area (Å²) in [6.07, 6.45) is 0. The van der Waals surface area contributed by atoms with Crippen molar-refractivity contribution in [3.05, 3.63) is 58.9 Å². The lowest BCUT2D eigenvalue weighted by Gasteiger charge is -2.13. The van der Waals surface area contributed by atoms with Gasteiger partial charge < -0.3 is 10.1 Å². The molecule has 2 aromatic rings. The quantitative estimate of drug-likeness (QED) is 0.877. The van der Waals surface area contributed by atoms with E-state index < -0.39 is 5.82 Å². The number of nitrogens with one attached hydrogen (secondary N) is 1. The molecule has 0 aliphatic carbocycles. The first-order valence-electron chi connectivity index (χ1n) is 6.13. The zero-order valence-corrected chi connectivity index (χ0v) is 11.4. The van der Waals surface area contributed by atoms with Gasteiger partial charge in [-0.05, 0) is 24.7 Å². The van der Waals surface area contributed by atoms with E-state index in [-0.39, 0.29) is 5.75 Å². The largest absolute Gasteiger partial charge is 0.452 e. The van der Waals surface area contributed by atoms with Crippen molar-refractivity contribution < 1.29 is 9.13 Å². The average Bonchev–Trinajstić information content (AvgIpc) is 2.41. The zero-order chi connectivity index (χ0) is 13.7. The summed E-state index contributed by atoms with van der Waals surface area (Å²) in [5.74, 6) is 0.264. The van der Waals surface area contributed by atoms with Gasteiger partial charge in [0.25, 0.3) is 0 Å². The molecule has 0 spiro atoms. The van der Waals surface area contributed by atoms with Crippen molar-refractivity contribution in [1.82, 2.24) is 5.32 Å². The molecule has 0 saturated heterocycles. The zero-order valence-electron chi connectivity index (χ0n) is 10.6. The fourth-order valence-corrected chi connectivity index (χ4v) is 1.94. The van der Waals surface area contributed by atoms with Gasteiger partial charge in [-0.1, -0.05) is 42.8 Å². The first kappa shape index (κ1) is 13.8. The molecule has 0 amide bonds. The maximum atomic E-state index is 13.6. The van der Waals surface area contributed by atoms with Crippen molar-refractivity contribution in [3.8, 4) is 11.5 Å². The Kier molecular flexibility index (Phi) is 4.77. The monoisotopic (exact) mass is 279 g/mol. The minimum absolute atomic E-state index is 0.174. The minimum Gasteiger partial charge on any atom is -0.452 e. The molecular weight excluding hydrogens is 265 g/mol. The van der Waals surface area contributed by atoms with E-state index >= 15 is 0 Å². The standard InChI is InChI=1S/C15H15ClFNO/c1-2-18-10-11-6-5-7-12(16)15(11)19-14-9-4-3-8-13(14)17/h3-9,18H,2,10H2,1H3. The highest BCUT2D eigenvalue weighted by molar-refractivity contribution is 6.32. The second-order valence-corrected chi connectivity index (χ2v) is 4.45. The van der Waals surface area contributed by atoms with Crippen LogP contribution in [0.15, 0.2) is 42.5 Å². The molecule has 2 rings (SSSR count). The van der Waals surface area contributed by atoms with Crippen LogP contribution in [0.3, 0.4) is 0 Å². The molecule has 100 valence electrons. The highest BCUT2D eigenvalue weighted by Crippen LogP contribution is 2.33. The van der Waals surface area contributed by atoms with E-state index in [1.165, 1.54) is 6.07 Å². The van der Waals surface area contributed by atoms with Crippen LogP contribution in [-0.2, 0) is 6.54 Å². The Morgan fingerprint density at radius 1 is 1.16 bits per heavy atom. The molecule has 0 aliphatic heterocycles. The molecule has 4 heteroatoms. The molecule has 0 bridgehead atoms. The smallest absolute Gasteiger partial charge is 0.165 e. The van der Waals surface area contributed by atoms with Gasteiger partial charge in [-0.25, -0.2) is 4.39 Å². The van der Waals surface area contributed by atoms with Gasteiger partial charge in [0.15, 0.2) is 17.3 Å². The number of halogens is 2. The molecule has 19 heavy (non-hydrogen) atoms. The van der Waals surface area contributed by atoms with Crippen LogP contribution in [0.4, 0.5) is 4.39 Å². The van der Waals surface area contributed by atoms with Gasteiger partial charge in [0.05, 0.1) is 5.02 Å². The summed E-state index contributed by atoms with van der Waals surface area (Å²) in [5, 5.41) is 3.67. The van der Waals surface area contributed by atoms with E-state index in [0.717, 1.165) is 12.1 Å².